The van der Waals surface area contributed by atoms with Crippen LogP contribution in [0.4, 0.5) is 0 Å². The molecule has 0 aliphatic carbocycles. The van der Waals surface area contributed by atoms with Crippen LogP contribution in [-0.2, 0) is 24.8 Å². The second kappa shape index (κ2) is 8.69. The van der Waals surface area contributed by atoms with Gasteiger partial charge in [0.15, 0.2) is 15.3 Å². The van der Waals surface area contributed by atoms with Gasteiger partial charge in [-0.25, -0.2) is 13.2 Å². The summed E-state index contributed by atoms with van der Waals surface area (Å²) in [4.78, 5) is 12.8. The average molecular weight is 387 g/mol. The number of nitriles is 1. The van der Waals surface area contributed by atoms with Crippen molar-refractivity contribution < 1.29 is 22.7 Å². The standard InChI is InChI=1S/C20H21NO5S/c1-3-26-19(22)20(15-21,16-9-11-17(25-2)12-10-16)13-14-27(23,24)18-7-5-4-6-8-18/h4-12H,3,13-14H2,1-2H3/t20-/m0/s1. The van der Waals surface area contributed by atoms with E-state index in [0.717, 1.165) is 0 Å². The number of sulfone groups is 1. The molecule has 7 heteroatoms. The summed E-state index contributed by atoms with van der Waals surface area (Å²) < 4.78 is 35.4. The van der Waals surface area contributed by atoms with Crippen molar-refractivity contribution in [2.24, 2.45) is 0 Å². The number of benzene rings is 2. The van der Waals surface area contributed by atoms with E-state index in [0.29, 0.717) is 11.3 Å². The van der Waals surface area contributed by atoms with Gasteiger partial charge in [0, 0.05) is 0 Å². The minimum Gasteiger partial charge on any atom is -0.497 e. The molecule has 2 aromatic rings. The first-order valence-corrected chi connectivity index (χ1v) is 10.1. The predicted molar refractivity (Wildman–Crippen MR) is 100 cm³/mol. The van der Waals surface area contributed by atoms with E-state index in [1.54, 1.807) is 49.4 Å². The quantitative estimate of drug-likeness (QED) is 0.647. The van der Waals surface area contributed by atoms with Gasteiger partial charge in [0.05, 0.1) is 30.4 Å². The molecule has 0 radical (unpaired) electrons. The first kappa shape index (κ1) is 20.5. The summed E-state index contributed by atoms with van der Waals surface area (Å²) in [5.41, 5.74) is -1.35. The highest BCUT2D eigenvalue weighted by atomic mass is 32.2. The number of carbonyl (C=O) groups excluding carboxylic acids is 1. The largest absolute Gasteiger partial charge is 0.497 e. The van der Waals surface area contributed by atoms with Crippen LogP contribution in [0.25, 0.3) is 0 Å². The average Bonchev–Trinajstić information content (AvgIpc) is 2.70. The Hall–Kier alpha value is -2.85. The van der Waals surface area contributed by atoms with E-state index < -0.39 is 21.2 Å². The first-order valence-electron chi connectivity index (χ1n) is 8.40. The SMILES string of the molecule is CCOC(=O)[C@](C#N)(CCS(=O)(=O)c1ccccc1)c1ccc(OC)cc1. The molecule has 2 aromatic carbocycles. The zero-order chi connectivity index (χ0) is 19.9. The van der Waals surface area contributed by atoms with Crippen molar-refractivity contribution in [2.45, 2.75) is 23.7 Å². The van der Waals surface area contributed by atoms with Crippen LogP contribution in [0, 0.1) is 11.3 Å². The van der Waals surface area contributed by atoms with Crippen molar-refractivity contribution in [2.75, 3.05) is 19.5 Å². The molecular formula is C20H21NO5S. The van der Waals surface area contributed by atoms with Gasteiger partial charge in [-0.3, -0.25) is 0 Å². The van der Waals surface area contributed by atoms with E-state index in [4.69, 9.17) is 9.47 Å². The Kier molecular flexibility index (Phi) is 6.59. The van der Waals surface area contributed by atoms with Crippen LogP contribution in [0.5, 0.6) is 5.75 Å². The molecule has 0 bridgehead atoms. The highest BCUT2D eigenvalue weighted by Crippen LogP contribution is 2.32. The van der Waals surface area contributed by atoms with Gasteiger partial charge < -0.3 is 9.47 Å². The van der Waals surface area contributed by atoms with Crippen LogP contribution in [0.2, 0.25) is 0 Å². The van der Waals surface area contributed by atoms with Crippen LogP contribution in [0.1, 0.15) is 18.9 Å². The van der Waals surface area contributed by atoms with Crippen molar-refractivity contribution >= 4 is 15.8 Å². The van der Waals surface area contributed by atoms with Crippen molar-refractivity contribution in [3.05, 3.63) is 60.2 Å². The molecule has 0 aliphatic heterocycles. The lowest BCUT2D eigenvalue weighted by molar-refractivity contribution is -0.148. The Morgan fingerprint density at radius 3 is 2.26 bits per heavy atom. The monoisotopic (exact) mass is 387 g/mol. The molecule has 0 amide bonds. The summed E-state index contributed by atoms with van der Waals surface area (Å²) >= 11 is 0. The number of hydrogen-bond donors (Lipinski definition) is 0. The molecule has 0 spiro atoms. The molecule has 0 fully saturated rings. The Bertz CT molecular complexity index is 917. The van der Waals surface area contributed by atoms with Crippen LogP contribution in [0.15, 0.2) is 59.5 Å². The van der Waals surface area contributed by atoms with Crippen LogP contribution >= 0.6 is 0 Å². The molecule has 6 nitrogen and oxygen atoms in total. The lowest BCUT2D eigenvalue weighted by atomic mass is 9.79. The predicted octanol–water partition coefficient (Wildman–Crippen LogP) is 2.88. The highest BCUT2D eigenvalue weighted by Gasteiger charge is 2.43. The van der Waals surface area contributed by atoms with Crippen LogP contribution < -0.4 is 4.74 Å². The maximum absolute atomic E-state index is 12.6. The fraction of sp³-hybridized carbons (Fsp3) is 0.300. The third-order valence-electron chi connectivity index (χ3n) is 4.25. The van der Waals surface area contributed by atoms with Gasteiger partial charge in [0.2, 0.25) is 0 Å². The molecule has 0 unspecified atom stereocenters. The van der Waals surface area contributed by atoms with Gasteiger partial charge in [0.1, 0.15) is 5.75 Å². The highest BCUT2D eigenvalue weighted by molar-refractivity contribution is 7.91. The Labute approximate surface area is 159 Å². The first-order chi connectivity index (χ1) is 12.9. The van der Waals surface area contributed by atoms with Gasteiger partial charge in [-0.1, -0.05) is 30.3 Å². The molecule has 0 N–H and O–H groups in total. The van der Waals surface area contributed by atoms with E-state index in [9.17, 15) is 18.5 Å². The zero-order valence-corrected chi connectivity index (χ0v) is 16.0. The van der Waals surface area contributed by atoms with Crippen molar-refractivity contribution in [3.8, 4) is 11.8 Å². The molecular weight excluding hydrogens is 366 g/mol. The molecule has 27 heavy (non-hydrogen) atoms. The molecule has 0 aromatic heterocycles. The van der Waals surface area contributed by atoms with E-state index in [-0.39, 0.29) is 23.7 Å². The summed E-state index contributed by atoms with van der Waals surface area (Å²) in [7, 11) is -2.15. The zero-order valence-electron chi connectivity index (χ0n) is 15.2. The second-order valence-electron chi connectivity index (χ2n) is 5.85. The smallest absolute Gasteiger partial charge is 0.331 e. The normalized spacial score (nSPS) is 13.2. The maximum atomic E-state index is 12.6. The minimum absolute atomic E-state index is 0.0872. The van der Waals surface area contributed by atoms with Gasteiger partial charge in [-0.05, 0) is 43.2 Å². The van der Waals surface area contributed by atoms with Gasteiger partial charge >= 0.3 is 5.97 Å². The number of methoxy groups -OCH3 is 1. The number of carbonyl (C=O) groups is 1. The molecule has 2 rings (SSSR count). The van der Waals surface area contributed by atoms with E-state index in [1.807, 2.05) is 6.07 Å². The van der Waals surface area contributed by atoms with Gasteiger partial charge in [-0.15, -0.1) is 0 Å². The van der Waals surface area contributed by atoms with Crippen molar-refractivity contribution in [1.82, 2.24) is 0 Å². The third-order valence-corrected chi connectivity index (χ3v) is 5.98. The number of ether oxygens (including phenoxy) is 2. The Morgan fingerprint density at radius 2 is 1.74 bits per heavy atom. The van der Waals surface area contributed by atoms with E-state index in [1.165, 1.54) is 19.2 Å². The summed E-state index contributed by atoms with van der Waals surface area (Å²) in [6, 6.07) is 16.3. The fourth-order valence-electron chi connectivity index (χ4n) is 2.69. The molecule has 142 valence electrons. The maximum Gasteiger partial charge on any atom is 0.331 e. The molecule has 0 aliphatic rings. The fourth-order valence-corrected chi connectivity index (χ4v) is 4.08. The summed E-state index contributed by atoms with van der Waals surface area (Å²) in [5.74, 6) is -0.567. The van der Waals surface area contributed by atoms with E-state index >= 15 is 0 Å². The lowest BCUT2D eigenvalue weighted by Crippen LogP contribution is -2.38. The van der Waals surface area contributed by atoms with Crippen LogP contribution in [0.3, 0.4) is 0 Å². The minimum atomic E-state index is -3.66. The molecule has 1 atom stereocenters. The number of nitrogens with zero attached hydrogens (tertiary/aromatic N) is 1. The summed E-state index contributed by atoms with van der Waals surface area (Å²) in [5, 5.41) is 9.84. The topological polar surface area (TPSA) is 93.5 Å². The van der Waals surface area contributed by atoms with Gasteiger partial charge in [0.25, 0.3) is 0 Å². The summed E-state index contributed by atoms with van der Waals surface area (Å²) in [6.45, 7) is 1.72. The Balaban J connectivity index is 2.40. The molecule has 0 saturated heterocycles. The van der Waals surface area contributed by atoms with Crippen molar-refractivity contribution in [1.29, 1.82) is 5.26 Å². The van der Waals surface area contributed by atoms with Crippen molar-refractivity contribution in [3.63, 3.8) is 0 Å². The lowest BCUT2D eigenvalue weighted by Gasteiger charge is -2.25. The van der Waals surface area contributed by atoms with Gasteiger partial charge in [-0.2, -0.15) is 5.26 Å². The third kappa shape index (κ3) is 4.47. The Morgan fingerprint density at radius 1 is 1.11 bits per heavy atom. The van der Waals surface area contributed by atoms with E-state index in [2.05, 4.69) is 0 Å². The number of esters is 1. The number of rotatable bonds is 8. The van der Waals surface area contributed by atoms with Crippen LogP contribution in [-0.4, -0.2) is 33.9 Å². The number of hydrogen-bond acceptors (Lipinski definition) is 6. The molecule has 0 saturated carbocycles. The summed E-state index contributed by atoms with van der Waals surface area (Å²) in [6.07, 6.45) is -0.216. The second-order valence-corrected chi connectivity index (χ2v) is 7.96. The molecule has 0 heterocycles.